The number of aryl methyl sites for hydroxylation is 1. The monoisotopic (exact) mass is 429 g/mol. The molecule has 0 radical (unpaired) electrons. The van der Waals surface area contributed by atoms with E-state index >= 15 is 0 Å². The Morgan fingerprint density at radius 1 is 1.10 bits per heavy atom. The number of allylic oxidation sites excluding steroid dienone is 3. The Bertz CT molecular complexity index is 1130. The van der Waals surface area contributed by atoms with Gasteiger partial charge in [-0.1, -0.05) is 43.7 Å². The predicted molar refractivity (Wildman–Crippen MR) is 126 cm³/mol. The predicted octanol–water partition coefficient (Wildman–Crippen LogP) is 5.66. The van der Waals surface area contributed by atoms with Crippen LogP contribution in [0.1, 0.15) is 43.7 Å². The number of Topliss-reactive ketones (excluding diaryl/α,β-unsaturated/α-hetero) is 1. The number of nitriles is 1. The van der Waals surface area contributed by atoms with Crippen molar-refractivity contribution >= 4 is 23.2 Å². The van der Waals surface area contributed by atoms with Crippen molar-refractivity contribution in [2.75, 3.05) is 11.2 Å². The molecule has 4 rings (SSSR count). The van der Waals surface area contributed by atoms with Crippen molar-refractivity contribution in [3.05, 3.63) is 82.3 Å². The summed E-state index contributed by atoms with van der Waals surface area (Å²) < 4.78 is 0. The largest absolute Gasteiger partial charge is 0.384 e. The Balaban J connectivity index is 1.96. The van der Waals surface area contributed by atoms with Gasteiger partial charge in [-0.15, -0.1) is 11.8 Å². The summed E-state index contributed by atoms with van der Waals surface area (Å²) in [6, 6.07) is 18.5. The lowest BCUT2D eigenvalue weighted by Crippen LogP contribution is -2.42. The van der Waals surface area contributed by atoms with Crippen LogP contribution in [0.3, 0.4) is 0 Å². The van der Waals surface area contributed by atoms with Crippen LogP contribution in [0, 0.1) is 23.7 Å². The molecule has 5 heteroatoms. The summed E-state index contributed by atoms with van der Waals surface area (Å²) in [5, 5.41) is 10.1. The molecular formula is C26H27N3OS. The van der Waals surface area contributed by atoms with Gasteiger partial charge in [-0.25, -0.2) is 0 Å². The van der Waals surface area contributed by atoms with Gasteiger partial charge in [0, 0.05) is 28.3 Å². The summed E-state index contributed by atoms with van der Waals surface area (Å²) in [5.41, 5.74) is 11.5. The number of ketones is 1. The molecule has 0 spiro atoms. The Kier molecular flexibility index (Phi) is 5.45. The van der Waals surface area contributed by atoms with Gasteiger partial charge in [-0.2, -0.15) is 5.26 Å². The first kappa shape index (κ1) is 21.3. The topological polar surface area (TPSA) is 70.1 Å². The summed E-state index contributed by atoms with van der Waals surface area (Å²) in [4.78, 5) is 16.6. The molecule has 1 aliphatic heterocycles. The number of nitrogens with two attached hydrogens (primary N) is 1. The minimum absolute atomic E-state index is 0.0996. The van der Waals surface area contributed by atoms with E-state index < -0.39 is 5.92 Å². The fourth-order valence-corrected chi connectivity index (χ4v) is 5.04. The Labute approximate surface area is 188 Å². The molecule has 0 amide bonds. The van der Waals surface area contributed by atoms with Crippen molar-refractivity contribution in [2.45, 2.75) is 44.4 Å². The molecule has 4 nitrogen and oxygen atoms in total. The molecule has 0 aromatic heterocycles. The van der Waals surface area contributed by atoms with E-state index in [0.717, 1.165) is 33.8 Å². The second-order valence-corrected chi connectivity index (χ2v) is 9.97. The highest BCUT2D eigenvalue weighted by molar-refractivity contribution is 7.98. The van der Waals surface area contributed by atoms with E-state index in [4.69, 9.17) is 5.73 Å². The molecule has 158 valence electrons. The lowest BCUT2D eigenvalue weighted by Gasteiger charge is -2.43. The van der Waals surface area contributed by atoms with Gasteiger partial charge in [0.25, 0.3) is 0 Å². The average Bonchev–Trinajstić information content (AvgIpc) is 2.73. The van der Waals surface area contributed by atoms with Crippen LogP contribution < -0.4 is 10.6 Å². The van der Waals surface area contributed by atoms with Crippen molar-refractivity contribution in [2.24, 2.45) is 11.1 Å². The first-order chi connectivity index (χ1) is 14.8. The Morgan fingerprint density at radius 3 is 2.32 bits per heavy atom. The van der Waals surface area contributed by atoms with Crippen LogP contribution in [-0.4, -0.2) is 12.0 Å². The van der Waals surface area contributed by atoms with Gasteiger partial charge in [0.15, 0.2) is 5.78 Å². The van der Waals surface area contributed by atoms with E-state index in [1.165, 1.54) is 0 Å². The highest BCUT2D eigenvalue weighted by atomic mass is 32.2. The average molecular weight is 430 g/mol. The highest BCUT2D eigenvalue weighted by Crippen LogP contribution is 2.50. The summed E-state index contributed by atoms with van der Waals surface area (Å²) in [5.74, 6) is 0.0818. The molecule has 1 heterocycles. The molecule has 1 atom stereocenters. The number of rotatable bonds is 3. The van der Waals surface area contributed by atoms with Crippen LogP contribution >= 0.6 is 11.8 Å². The van der Waals surface area contributed by atoms with Crippen LogP contribution in [-0.2, 0) is 4.79 Å². The third-order valence-electron chi connectivity index (χ3n) is 6.12. The van der Waals surface area contributed by atoms with Crippen LogP contribution in [0.15, 0.2) is 76.1 Å². The maximum Gasteiger partial charge on any atom is 0.162 e. The molecule has 1 aliphatic carbocycles. The number of hydrogen-bond acceptors (Lipinski definition) is 5. The molecule has 0 saturated carbocycles. The molecule has 2 N–H and O–H groups in total. The fraction of sp³-hybridized carbons (Fsp3) is 0.308. The minimum atomic E-state index is -0.429. The molecule has 2 aromatic rings. The smallest absolute Gasteiger partial charge is 0.162 e. The van der Waals surface area contributed by atoms with Crippen molar-refractivity contribution in [1.29, 1.82) is 5.26 Å². The molecule has 2 aromatic carbocycles. The molecule has 31 heavy (non-hydrogen) atoms. The van der Waals surface area contributed by atoms with Gasteiger partial charge in [0.05, 0.1) is 17.6 Å². The minimum Gasteiger partial charge on any atom is -0.384 e. The lowest BCUT2D eigenvalue weighted by atomic mass is 9.68. The number of carbonyl (C=O) groups is 1. The van der Waals surface area contributed by atoms with E-state index in [9.17, 15) is 10.1 Å². The first-order valence-electron chi connectivity index (χ1n) is 10.4. The van der Waals surface area contributed by atoms with E-state index in [1.54, 1.807) is 11.8 Å². The third-order valence-corrected chi connectivity index (χ3v) is 6.87. The number of anilines is 1. The van der Waals surface area contributed by atoms with Crippen LogP contribution in [0.25, 0.3) is 0 Å². The quantitative estimate of drug-likeness (QED) is 0.638. The standard InChI is InChI=1S/C26H27N3OS/c1-16-5-9-18(10-6-16)29-21-13-26(2,3)14-22(30)24(21)23(20(15-27)25(29)28)17-7-11-19(31-4)12-8-17/h5-12,23H,13-14,28H2,1-4H3/t23-/m0/s1. The maximum absolute atomic E-state index is 13.5. The van der Waals surface area contributed by atoms with Gasteiger partial charge >= 0.3 is 0 Å². The lowest BCUT2D eigenvalue weighted by molar-refractivity contribution is -0.118. The molecule has 0 bridgehead atoms. The Morgan fingerprint density at radius 2 is 1.74 bits per heavy atom. The molecule has 0 fully saturated rings. The molecule has 2 aliphatic rings. The molecular weight excluding hydrogens is 402 g/mol. The zero-order valence-electron chi connectivity index (χ0n) is 18.4. The molecule has 0 saturated heterocycles. The van der Waals surface area contributed by atoms with E-state index in [-0.39, 0.29) is 11.2 Å². The van der Waals surface area contributed by atoms with Crippen molar-refractivity contribution in [1.82, 2.24) is 0 Å². The highest BCUT2D eigenvalue weighted by Gasteiger charge is 2.44. The number of hydrogen-bond donors (Lipinski definition) is 1. The van der Waals surface area contributed by atoms with Crippen molar-refractivity contribution in [3.8, 4) is 6.07 Å². The van der Waals surface area contributed by atoms with Crippen LogP contribution in [0.2, 0.25) is 0 Å². The van der Waals surface area contributed by atoms with Gasteiger partial charge < -0.3 is 5.73 Å². The third kappa shape index (κ3) is 3.77. The summed E-state index contributed by atoms with van der Waals surface area (Å²) >= 11 is 1.66. The number of nitrogens with zero attached hydrogens (tertiary/aromatic N) is 2. The first-order valence-corrected chi connectivity index (χ1v) is 11.6. The maximum atomic E-state index is 13.5. The summed E-state index contributed by atoms with van der Waals surface area (Å²) in [6.07, 6.45) is 3.22. The van der Waals surface area contributed by atoms with Gasteiger partial charge in [0.2, 0.25) is 0 Å². The van der Waals surface area contributed by atoms with Crippen LogP contribution in [0.5, 0.6) is 0 Å². The van der Waals surface area contributed by atoms with Crippen LogP contribution in [0.4, 0.5) is 5.69 Å². The second kappa shape index (κ2) is 7.94. The van der Waals surface area contributed by atoms with Crippen molar-refractivity contribution < 1.29 is 4.79 Å². The van der Waals surface area contributed by atoms with E-state index in [2.05, 4.69) is 19.9 Å². The SMILES string of the molecule is CSc1ccc([C@H]2C(C#N)=C(N)N(c3ccc(C)cc3)C3=C2C(=O)CC(C)(C)C3)cc1. The number of carbonyl (C=O) groups excluding carboxylic acids is 1. The fourth-order valence-electron chi connectivity index (χ4n) is 4.63. The second-order valence-electron chi connectivity index (χ2n) is 9.09. The van der Waals surface area contributed by atoms with Gasteiger partial charge in [-0.3, -0.25) is 9.69 Å². The van der Waals surface area contributed by atoms with E-state index in [0.29, 0.717) is 23.4 Å². The van der Waals surface area contributed by atoms with Gasteiger partial charge in [-0.05, 0) is 54.8 Å². The molecule has 0 unspecified atom stereocenters. The van der Waals surface area contributed by atoms with Crippen molar-refractivity contribution in [3.63, 3.8) is 0 Å². The Hall–Kier alpha value is -2.97. The van der Waals surface area contributed by atoms with E-state index in [1.807, 2.05) is 66.6 Å². The number of benzene rings is 2. The zero-order valence-corrected chi connectivity index (χ0v) is 19.2. The summed E-state index contributed by atoms with van der Waals surface area (Å²) in [6.45, 7) is 6.26. The summed E-state index contributed by atoms with van der Waals surface area (Å²) in [7, 11) is 0. The zero-order chi connectivity index (χ0) is 22.3. The number of thioether (sulfide) groups is 1. The van der Waals surface area contributed by atoms with Gasteiger partial charge in [0.1, 0.15) is 5.82 Å². The normalized spacial score (nSPS) is 20.5.